The molecule has 21 heavy (non-hydrogen) atoms. The van der Waals surface area contributed by atoms with Gasteiger partial charge in [0.15, 0.2) is 0 Å². The van der Waals surface area contributed by atoms with Crippen molar-refractivity contribution in [2.45, 2.75) is 18.6 Å². The molecule has 2 N–H and O–H groups in total. The van der Waals surface area contributed by atoms with E-state index in [0.29, 0.717) is 11.7 Å². The predicted octanol–water partition coefficient (Wildman–Crippen LogP) is 2.36. The summed E-state index contributed by atoms with van der Waals surface area (Å²) < 4.78 is 0. The Balaban J connectivity index is 0.00000200. The normalized spacial score (nSPS) is 15.0. The molecule has 120 valence electrons. The fourth-order valence-corrected chi connectivity index (χ4v) is 3.07. The van der Waals surface area contributed by atoms with Crippen LogP contribution in [0.5, 0.6) is 0 Å². The average Bonchev–Trinajstić information content (AvgIpc) is 2.48. The van der Waals surface area contributed by atoms with Crippen LogP contribution in [0.15, 0.2) is 24.4 Å². The van der Waals surface area contributed by atoms with Gasteiger partial charge >= 0.3 is 0 Å². The maximum atomic E-state index is 12.0. The summed E-state index contributed by atoms with van der Waals surface area (Å²) in [5.41, 5.74) is 6.68. The Labute approximate surface area is 143 Å². The molecule has 1 aromatic rings. The van der Waals surface area contributed by atoms with E-state index in [1.54, 1.807) is 18.0 Å². The lowest BCUT2D eigenvalue weighted by Crippen LogP contribution is -2.40. The molecular weight excluding hydrogens is 329 g/mol. The molecule has 2 heterocycles. The fraction of sp³-hybridized carbons (Fsp3) is 0.571. The van der Waals surface area contributed by atoms with Crippen LogP contribution >= 0.6 is 36.6 Å². The molecule has 7 heteroatoms. The summed E-state index contributed by atoms with van der Waals surface area (Å²) in [6.07, 6.45) is 3.88. The first kappa shape index (κ1) is 20.5. The number of likely N-dealkylation sites (tertiary alicyclic amines) is 1. The van der Waals surface area contributed by atoms with Crippen molar-refractivity contribution >= 4 is 42.5 Å². The molecule has 1 saturated heterocycles. The van der Waals surface area contributed by atoms with Crippen LogP contribution in [0.4, 0.5) is 0 Å². The Kier molecular flexibility index (Phi) is 10.9. The quantitative estimate of drug-likeness (QED) is 0.884. The molecule has 1 amide bonds. The summed E-state index contributed by atoms with van der Waals surface area (Å²) in [4.78, 5) is 18.3. The molecule has 2 rings (SSSR count). The zero-order valence-corrected chi connectivity index (χ0v) is 14.4. The average molecular weight is 352 g/mol. The first-order valence-corrected chi connectivity index (χ1v) is 7.90. The van der Waals surface area contributed by atoms with Gasteiger partial charge in [-0.3, -0.25) is 9.78 Å². The number of nitrogens with zero attached hydrogens (tertiary/aromatic N) is 2. The molecular formula is C14H23Cl2N3OS. The summed E-state index contributed by atoms with van der Waals surface area (Å²) in [5.74, 6) is 2.19. The van der Waals surface area contributed by atoms with E-state index in [4.69, 9.17) is 5.73 Å². The molecule has 1 aliphatic rings. The zero-order chi connectivity index (χ0) is 13.5. The second kappa shape index (κ2) is 11.1. The third-order valence-corrected chi connectivity index (χ3v) is 4.45. The summed E-state index contributed by atoms with van der Waals surface area (Å²) in [7, 11) is 0. The first-order chi connectivity index (χ1) is 9.29. The number of aromatic nitrogens is 1. The Bertz CT molecular complexity index is 400. The van der Waals surface area contributed by atoms with Gasteiger partial charge in [-0.2, -0.15) is 0 Å². The molecule has 0 bridgehead atoms. The fourth-order valence-electron chi connectivity index (χ4n) is 2.24. The minimum atomic E-state index is 0. The van der Waals surface area contributed by atoms with Crippen molar-refractivity contribution in [3.05, 3.63) is 30.1 Å². The summed E-state index contributed by atoms with van der Waals surface area (Å²) in [6.45, 7) is 2.48. The highest BCUT2D eigenvalue weighted by molar-refractivity contribution is 7.99. The smallest absolute Gasteiger partial charge is 0.232 e. The van der Waals surface area contributed by atoms with E-state index >= 15 is 0 Å². The summed E-state index contributed by atoms with van der Waals surface area (Å²) in [6, 6.07) is 5.87. The molecule has 0 aliphatic carbocycles. The minimum absolute atomic E-state index is 0. The molecule has 0 spiro atoms. The number of carbonyl (C=O) groups excluding carboxylic acids is 1. The lowest BCUT2D eigenvalue weighted by Gasteiger charge is -2.31. The van der Waals surface area contributed by atoms with Gasteiger partial charge in [0.25, 0.3) is 0 Å². The van der Waals surface area contributed by atoms with Crippen LogP contribution in [0.2, 0.25) is 0 Å². The Hall–Kier alpha value is -0.490. The van der Waals surface area contributed by atoms with E-state index in [1.165, 1.54) is 0 Å². The third kappa shape index (κ3) is 6.87. The molecule has 4 nitrogen and oxygen atoms in total. The van der Waals surface area contributed by atoms with Crippen molar-refractivity contribution in [2.75, 3.05) is 25.4 Å². The van der Waals surface area contributed by atoms with Crippen molar-refractivity contribution in [1.82, 2.24) is 9.88 Å². The third-order valence-electron chi connectivity index (χ3n) is 3.50. The highest BCUT2D eigenvalue weighted by atomic mass is 35.5. The van der Waals surface area contributed by atoms with Crippen molar-refractivity contribution in [3.63, 3.8) is 0 Å². The molecule has 0 unspecified atom stereocenters. The van der Waals surface area contributed by atoms with E-state index in [9.17, 15) is 4.79 Å². The van der Waals surface area contributed by atoms with Crippen LogP contribution in [0.1, 0.15) is 18.5 Å². The van der Waals surface area contributed by atoms with Gasteiger partial charge in [-0.25, -0.2) is 0 Å². The molecule has 0 saturated carbocycles. The van der Waals surface area contributed by atoms with E-state index in [1.807, 2.05) is 23.1 Å². The molecule has 0 atom stereocenters. The lowest BCUT2D eigenvalue weighted by atomic mass is 9.97. The van der Waals surface area contributed by atoms with Crippen molar-refractivity contribution in [2.24, 2.45) is 11.7 Å². The maximum Gasteiger partial charge on any atom is 0.232 e. The van der Waals surface area contributed by atoms with Gasteiger partial charge in [-0.15, -0.1) is 36.6 Å². The van der Waals surface area contributed by atoms with E-state index in [0.717, 1.165) is 43.9 Å². The number of thioether (sulfide) groups is 1. The summed E-state index contributed by atoms with van der Waals surface area (Å²) in [5, 5.41) is 0. The van der Waals surface area contributed by atoms with E-state index in [-0.39, 0.29) is 30.7 Å². The monoisotopic (exact) mass is 351 g/mol. The van der Waals surface area contributed by atoms with Crippen molar-refractivity contribution < 1.29 is 4.79 Å². The lowest BCUT2D eigenvalue weighted by molar-refractivity contribution is -0.129. The molecule has 1 aliphatic heterocycles. The maximum absolute atomic E-state index is 12.0. The Morgan fingerprint density at radius 2 is 2.05 bits per heavy atom. The van der Waals surface area contributed by atoms with Crippen LogP contribution in [0.3, 0.4) is 0 Å². The van der Waals surface area contributed by atoms with Gasteiger partial charge in [0, 0.05) is 25.0 Å². The van der Waals surface area contributed by atoms with Gasteiger partial charge in [0.05, 0.1) is 11.4 Å². The number of carbonyl (C=O) groups is 1. The van der Waals surface area contributed by atoms with E-state index < -0.39 is 0 Å². The second-order valence-electron chi connectivity index (χ2n) is 4.87. The van der Waals surface area contributed by atoms with Gasteiger partial charge in [0.2, 0.25) is 5.91 Å². The van der Waals surface area contributed by atoms with Crippen LogP contribution in [-0.4, -0.2) is 41.2 Å². The Morgan fingerprint density at radius 3 is 2.62 bits per heavy atom. The Morgan fingerprint density at radius 1 is 1.33 bits per heavy atom. The van der Waals surface area contributed by atoms with Crippen molar-refractivity contribution in [3.8, 4) is 0 Å². The van der Waals surface area contributed by atoms with Crippen LogP contribution in [0, 0.1) is 5.92 Å². The number of halogens is 2. The number of piperidine rings is 1. The van der Waals surface area contributed by atoms with Gasteiger partial charge in [-0.1, -0.05) is 6.07 Å². The van der Waals surface area contributed by atoms with Crippen LogP contribution in [-0.2, 0) is 10.5 Å². The second-order valence-corrected chi connectivity index (χ2v) is 5.86. The van der Waals surface area contributed by atoms with Gasteiger partial charge in [0.1, 0.15) is 0 Å². The molecule has 1 fully saturated rings. The van der Waals surface area contributed by atoms with Gasteiger partial charge < -0.3 is 10.6 Å². The summed E-state index contributed by atoms with van der Waals surface area (Å²) >= 11 is 1.64. The largest absolute Gasteiger partial charge is 0.342 e. The topological polar surface area (TPSA) is 59.2 Å². The first-order valence-electron chi connectivity index (χ1n) is 6.75. The standard InChI is InChI=1S/C14H21N3OS.2ClH/c15-9-12-4-7-17(8-5-12)14(18)11-19-10-13-3-1-2-6-16-13;;/h1-3,6,12H,4-5,7-11,15H2;2*1H. The molecule has 0 aromatic carbocycles. The van der Waals surface area contributed by atoms with E-state index in [2.05, 4.69) is 4.98 Å². The highest BCUT2D eigenvalue weighted by Crippen LogP contribution is 2.17. The number of nitrogens with two attached hydrogens (primary N) is 1. The minimum Gasteiger partial charge on any atom is -0.342 e. The van der Waals surface area contributed by atoms with Crippen molar-refractivity contribution in [1.29, 1.82) is 0 Å². The molecule has 0 radical (unpaired) electrons. The SMILES string of the molecule is Cl.Cl.NCC1CCN(C(=O)CSCc2ccccn2)CC1. The van der Waals surface area contributed by atoms with Crippen LogP contribution < -0.4 is 5.73 Å². The highest BCUT2D eigenvalue weighted by Gasteiger charge is 2.21. The van der Waals surface area contributed by atoms with Gasteiger partial charge in [-0.05, 0) is 37.4 Å². The zero-order valence-electron chi connectivity index (χ0n) is 11.9. The number of hydrogen-bond acceptors (Lipinski definition) is 4. The number of amides is 1. The predicted molar refractivity (Wildman–Crippen MR) is 93.3 cm³/mol. The molecule has 1 aromatic heterocycles. The van der Waals surface area contributed by atoms with Crippen LogP contribution in [0.25, 0.3) is 0 Å². The number of hydrogen-bond donors (Lipinski definition) is 1. The number of pyridine rings is 1. The number of rotatable bonds is 5.